The molecule has 2 aliphatic carbocycles. The van der Waals surface area contributed by atoms with Crippen LogP contribution in [0, 0.1) is 17.3 Å². The maximum absolute atomic E-state index is 13.8. The highest BCUT2D eigenvalue weighted by molar-refractivity contribution is 6.33. The van der Waals surface area contributed by atoms with Crippen molar-refractivity contribution in [1.82, 2.24) is 10.8 Å². The molecular formula is C27H34N4O8. The Hall–Kier alpha value is -3.58. The number of fused-ring (bicyclic) bond motifs is 3. The van der Waals surface area contributed by atoms with Crippen LogP contribution in [0.5, 0.6) is 11.5 Å². The van der Waals surface area contributed by atoms with Crippen LogP contribution in [0.4, 0.5) is 5.69 Å². The average Bonchev–Trinajstić information content (AvgIpc) is 2.81. The van der Waals surface area contributed by atoms with Gasteiger partial charge in [-0.15, -0.1) is 0 Å². The number of phenols is 2. The third kappa shape index (κ3) is 4.33. The van der Waals surface area contributed by atoms with Crippen molar-refractivity contribution in [1.29, 1.82) is 0 Å². The third-order valence-electron chi connectivity index (χ3n) is 7.57. The number of anilines is 1. The van der Waals surface area contributed by atoms with Gasteiger partial charge >= 0.3 is 0 Å². The van der Waals surface area contributed by atoms with Crippen LogP contribution in [0.15, 0.2) is 12.1 Å². The first kappa shape index (κ1) is 28.4. The number of aliphatic hydroxyl groups is 1. The third-order valence-corrected chi connectivity index (χ3v) is 7.57. The van der Waals surface area contributed by atoms with Crippen molar-refractivity contribution in [3.8, 4) is 11.5 Å². The fraction of sp³-hybridized carbons (Fsp3) is 0.481. The van der Waals surface area contributed by atoms with Crippen LogP contribution < -0.4 is 21.4 Å². The van der Waals surface area contributed by atoms with Gasteiger partial charge in [-0.25, -0.2) is 0 Å². The van der Waals surface area contributed by atoms with E-state index >= 15 is 0 Å². The number of rotatable bonds is 6. The lowest BCUT2D eigenvalue weighted by atomic mass is 9.58. The number of phenolic OH excluding ortho intramolecular Hbond substituents is 2. The van der Waals surface area contributed by atoms with Gasteiger partial charge in [0.2, 0.25) is 11.7 Å². The summed E-state index contributed by atoms with van der Waals surface area (Å²) < 4.78 is 0. The SMILES string of the molecule is CN(C)c1cc(CNCC(C)(C)C)c(O)c2c(O)c3c(cc12)C[C@H]1C(NO)C(=O)C(C(N)=O)C(=O)[C@@]1(O)C3=O. The van der Waals surface area contributed by atoms with E-state index in [1.165, 1.54) is 0 Å². The van der Waals surface area contributed by atoms with Gasteiger partial charge in [-0.05, 0) is 29.5 Å². The molecule has 8 N–H and O–H groups in total. The Labute approximate surface area is 224 Å². The molecule has 2 unspecified atom stereocenters. The molecule has 0 radical (unpaired) electrons. The van der Waals surface area contributed by atoms with Gasteiger partial charge < -0.3 is 36.5 Å². The number of hydrogen-bond acceptors (Lipinski definition) is 11. The first-order chi connectivity index (χ1) is 18.1. The zero-order valence-electron chi connectivity index (χ0n) is 22.5. The molecule has 2 aromatic rings. The zero-order valence-corrected chi connectivity index (χ0v) is 22.5. The second kappa shape index (κ2) is 9.56. The summed E-state index contributed by atoms with van der Waals surface area (Å²) in [5.74, 6) is -9.68. The number of nitrogens with zero attached hydrogens (tertiary/aromatic N) is 1. The number of hydroxylamine groups is 1. The van der Waals surface area contributed by atoms with Gasteiger partial charge in [0.15, 0.2) is 23.1 Å². The van der Waals surface area contributed by atoms with E-state index in [4.69, 9.17) is 5.73 Å². The highest BCUT2D eigenvalue weighted by Crippen LogP contribution is 2.49. The maximum Gasteiger partial charge on any atom is 0.235 e. The lowest BCUT2D eigenvalue weighted by molar-refractivity contribution is -0.162. The molecule has 0 bridgehead atoms. The number of carbonyl (C=O) groups excluding carboxylic acids is 4. The van der Waals surface area contributed by atoms with E-state index in [1.54, 1.807) is 36.6 Å². The van der Waals surface area contributed by atoms with E-state index in [1.807, 2.05) is 20.8 Å². The number of hydrogen-bond donors (Lipinski definition) is 7. The number of benzene rings is 2. The molecule has 1 fully saturated rings. The van der Waals surface area contributed by atoms with E-state index in [9.17, 15) is 39.7 Å². The van der Waals surface area contributed by atoms with Crippen LogP contribution in [0.2, 0.25) is 0 Å². The molecule has 0 aromatic heterocycles. The minimum atomic E-state index is -2.93. The van der Waals surface area contributed by atoms with Gasteiger partial charge in [0, 0.05) is 49.7 Å². The Balaban J connectivity index is 1.95. The molecule has 12 nitrogen and oxygen atoms in total. The molecule has 0 saturated heterocycles. The monoisotopic (exact) mass is 542 g/mol. The number of amides is 1. The molecule has 4 rings (SSSR count). The van der Waals surface area contributed by atoms with Gasteiger partial charge in [-0.1, -0.05) is 20.8 Å². The van der Waals surface area contributed by atoms with Gasteiger partial charge in [-0.3, -0.25) is 19.2 Å². The molecule has 2 aromatic carbocycles. The second-order valence-corrected chi connectivity index (χ2v) is 11.8. The Morgan fingerprint density at radius 3 is 2.33 bits per heavy atom. The van der Waals surface area contributed by atoms with Crippen molar-refractivity contribution in [3.63, 3.8) is 0 Å². The van der Waals surface area contributed by atoms with Crippen molar-refractivity contribution in [2.24, 2.45) is 23.0 Å². The Morgan fingerprint density at radius 2 is 1.79 bits per heavy atom. The van der Waals surface area contributed by atoms with Crippen LogP contribution in [0.3, 0.4) is 0 Å². The molecule has 1 amide bonds. The predicted octanol–water partition coefficient (Wildman–Crippen LogP) is 0.140. The summed E-state index contributed by atoms with van der Waals surface area (Å²) in [6, 6.07) is 1.65. The predicted molar refractivity (Wildman–Crippen MR) is 141 cm³/mol. The number of primary amides is 1. The summed E-state index contributed by atoms with van der Waals surface area (Å²) in [4.78, 5) is 53.5. The lowest BCUT2D eigenvalue weighted by Gasteiger charge is -2.46. The Kier molecular flexibility index (Phi) is 6.97. The number of Topliss-reactive ketones (excluding diaryl/α,β-unsaturated/α-hetero) is 3. The fourth-order valence-electron chi connectivity index (χ4n) is 5.68. The quantitative estimate of drug-likeness (QED) is 0.193. The summed E-state index contributed by atoms with van der Waals surface area (Å²) in [5, 5.41) is 47.4. The maximum atomic E-state index is 13.8. The van der Waals surface area contributed by atoms with Gasteiger partial charge in [-0.2, -0.15) is 5.48 Å². The number of nitrogens with one attached hydrogen (secondary N) is 2. The minimum absolute atomic E-state index is 0.0333. The first-order valence-electron chi connectivity index (χ1n) is 12.5. The molecule has 0 spiro atoms. The number of nitrogens with two attached hydrogens (primary N) is 1. The summed E-state index contributed by atoms with van der Waals surface area (Å²) >= 11 is 0. The van der Waals surface area contributed by atoms with Crippen molar-refractivity contribution in [3.05, 3.63) is 28.8 Å². The van der Waals surface area contributed by atoms with E-state index < -0.39 is 58.0 Å². The summed E-state index contributed by atoms with van der Waals surface area (Å²) in [5.41, 5.74) is 4.83. The molecule has 4 atom stereocenters. The minimum Gasteiger partial charge on any atom is -0.507 e. The van der Waals surface area contributed by atoms with Crippen LogP contribution in [0.1, 0.15) is 42.3 Å². The van der Waals surface area contributed by atoms with E-state index in [2.05, 4.69) is 5.32 Å². The van der Waals surface area contributed by atoms with Crippen molar-refractivity contribution >= 4 is 39.7 Å². The van der Waals surface area contributed by atoms with Crippen LogP contribution in [0.25, 0.3) is 10.8 Å². The molecule has 1 saturated carbocycles. The van der Waals surface area contributed by atoms with Gasteiger partial charge in [0.1, 0.15) is 11.5 Å². The van der Waals surface area contributed by atoms with Gasteiger partial charge in [0.05, 0.1) is 17.0 Å². The number of aromatic hydroxyl groups is 2. The molecule has 210 valence electrons. The molecule has 39 heavy (non-hydrogen) atoms. The molecule has 2 aliphatic rings. The normalized spacial score (nSPS) is 25.0. The van der Waals surface area contributed by atoms with E-state index in [0.717, 1.165) is 0 Å². The molecule has 0 heterocycles. The highest BCUT2D eigenvalue weighted by atomic mass is 16.5. The van der Waals surface area contributed by atoms with Gasteiger partial charge in [0.25, 0.3) is 0 Å². The zero-order chi connectivity index (χ0) is 29.2. The largest absolute Gasteiger partial charge is 0.507 e. The summed E-state index contributed by atoms with van der Waals surface area (Å²) in [6.07, 6.45) is -0.287. The highest BCUT2D eigenvalue weighted by Gasteiger charge is 2.66. The molecule has 12 heteroatoms. The second-order valence-electron chi connectivity index (χ2n) is 11.8. The fourth-order valence-corrected chi connectivity index (χ4v) is 5.68. The summed E-state index contributed by atoms with van der Waals surface area (Å²) in [7, 11) is 3.54. The molecule has 0 aliphatic heterocycles. The standard InChI is InChI=1S/C27H34N4O8/c1-26(2,3)10-29-9-12-8-15(31(4)5)13-6-11-7-14-19(30-39)22(34)18(25(28)37)24(36)27(14,38)23(35)16(11)21(33)17(13)20(12)32/h6,8,14,18-19,29-30,32-33,38-39H,7,9-10H2,1-5H3,(H2,28,37)/t14-,18?,19?,27-/m0/s1. The average molecular weight is 543 g/mol. The smallest absolute Gasteiger partial charge is 0.235 e. The summed E-state index contributed by atoms with van der Waals surface area (Å²) in [6.45, 7) is 7.03. The van der Waals surface area contributed by atoms with Crippen molar-refractivity contribution in [2.75, 3.05) is 25.5 Å². The van der Waals surface area contributed by atoms with E-state index in [0.29, 0.717) is 23.2 Å². The van der Waals surface area contributed by atoms with E-state index in [-0.39, 0.29) is 35.1 Å². The van der Waals surface area contributed by atoms with Crippen LogP contribution in [-0.4, -0.2) is 76.1 Å². The van der Waals surface area contributed by atoms with Crippen molar-refractivity contribution < 1.29 is 39.7 Å². The first-order valence-corrected chi connectivity index (χ1v) is 12.5. The topological polar surface area (TPSA) is 203 Å². The Bertz CT molecular complexity index is 1410. The molecular weight excluding hydrogens is 508 g/mol. The number of carbonyl (C=O) groups is 4. The van der Waals surface area contributed by atoms with Crippen molar-refractivity contribution in [2.45, 2.75) is 45.4 Å². The van der Waals surface area contributed by atoms with Crippen LogP contribution in [-0.2, 0) is 27.3 Å². The van der Waals surface area contributed by atoms with Crippen LogP contribution >= 0.6 is 0 Å². The lowest BCUT2D eigenvalue weighted by Crippen LogP contribution is -2.71. The Morgan fingerprint density at radius 1 is 1.15 bits per heavy atom. The number of ketones is 3.